The zero-order valence-corrected chi connectivity index (χ0v) is 13.3. The lowest BCUT2D eigenvalue weighted by atomic mass is 10.0. The summed E-state index contributed by atoms with van der Waals surface area (Å²) in [7, 11) is 0. The van der Waals surface area contributed by atoms with Crippen LogP contribution in [0.5, 0.6) is 0 Å². The van der Waals surface area contributed by atoms with Gasteiger partial charge in [0.1, 0.15) is 5.00 Å². The van der Waals surface area contributed by atoms with Crippen LogP contribution in [0.1, 0.15) is 49.7 Å². The monoisotopic (exact) mass is 304 g/mol. The van der Waals surface area contributed by atoms with Crippen LogP contribution >= 0.6 is 11.3 Å². The highest BCUT2D eigenvalue weighted by atomic mass is 32.1. The first-order valence-corrected chi connectivity index (χ1v) is 8.04. The molecule has 0 radical (unpaired) electrons. The molecule has 0 spiro atoms. The fraction of sp³-hybridized carbons (Fsp3) is 0.600. The molecule has 1 aliphatic rings. The van der Waals surface area contributed by atoms with Crippen LogP contribution in [-0.4, -0.2) is 16.6 Å². The van der Waals surface area contributed by atoms with E-state index in [1.165, 1.54) is 0 Å². The van der Waals surface area contributed by atoms with Crippen LogP contribution < -0.4 is 5.32 Å². The summed E-state index contributed by atoms with van der Waals surface area (Å²) in [6, 6.07) is 0. The Balaban J connectivity index is 1.81. The molecule has 0 bridgehead atoms. The number of anilines is 1. The first kappa shape index (κ1) is 15.6. The van der Waals surface area contributed by atoms with Crippen molar-refractivity contribution >= 4 is 22.2 Å². The van der Waals surface area contributed by atoms with Gasteiger partial charge in [0, 0.05) is 25.7 Å². The van der Waals surface area contributed by atoms with Gasteiger partial charge >= 0.3 is 0 Å². The van der Waals surface area contributed by atoms with E-state index in [0.29, 0.717) is 19.3 Å². The van der Waals surface area contributed by atoms with E-state index in [4.69, 9.17) is 6.42 Å². The number of amides is 1. The highest BCUT2D eigenvalue weighted by Crippen LogP contribution is 2.37. The summed E-state index contributed by atoms with van der Waals surface area (Å²) < 4.78 is 0. The number of carbonyl (C=O) groups excluding carboxylic acids is 1. The zero-order valence-electron chi connectivity index (χ0n) is 12.5. The molecule has 1 aromatic rings. The second-order valence-corrected chi connectivity index (χ2v) is 6.29. The Morgan fingerprint density at radius 2 is 2.19 bits per heavy atom. The number of rotatable bonds is 8. The summed E-state index contributed by atoms with van der Waals surface area (Å²) in [5, 5.41) is 12.9. The lowest BCUT2D eigenvalue weighted by Gasteiger charge is -2.08. The highest BCUT2D eigenvalue weighted by molar-refractivity contribution is 7.16. The molecule has 0 atom stereocenters. The van der Waals surface area contributed by atoms with Crippen LogP contribution in [0.15, 0.2) is 10.2 Å². The Morgan fingerprint density at radius 3 is 2.81 bits per heavy atom. The Labute approximate surface area is 129 Å². The van der Waals surface area contributed by atoms with Gasteiger partial charge in [-0.15, -0.1) is 23.7 Å². The third kappa shape index (κ3) is 4.36. The number of nitrogens with zero attached hydrogens (tertiary/aromatic N) is 3. The van der Waals surface area contributed by atoms with Gasteiger partial charge in [0.05, 0.1) is 10.7 Å². The Morgan fingerprint density at radius 1 is 1.43 bits per heavy atom. The van der Waals surface area contributed by atoms with Gasteiger partial charge in [0.2, 0.25) is 5.91 Å². The van der Waals surface area contributed by atoms with Gasteiger partial charge in [-0.25, -0.2) is 4.98 Å². The molecule has 0 unspecified atom stereocenters. The number of thiazole rings is 1. The molecule has 0 saturated heterocycles. The first-order chi connectivity index (χ1) is 10.1. The van der Waals surface area contributed by atoms with E-state index in [-0.39, 0.29) is 11.6 Å². The minimum absolute atomic E-state index is 0.0119. The molecule has 2 heterocycles. The van der Waals surface area contributed by atoms with Crippen molar-refractivity contribution in [2.24, 2.45) is 10.2 Å². The molecule has 21 heavy (non-hydrogen) atoms. The van der Waals surface area contributed by atoms with Crippen molar-refractivity contribution in [1.29, 1.82) is 0 Å². The van der Waals surface area contributed by atoms with Crippen LogP contribution in [0.3, 0.4) is 0 Å². The summed E-state index contributed by atoms with van der Waals surface area (Å²) in [5.41, 5.74) is 0.499. The lowest BCUT2D eigenvalue weighted by Crippen LogP contribution is -2.17. The largest absolute Gasteiger partial charge is 0.316 e. The molecule has 2 rings (SSSR count). The number of aromatic nitrogens is 1. The minimum Gasteiger partial charge on any atom is -0.316 e. The molecule has 1 amide bonds. The maximum absolute atomic E-state index is 12.0. The third-order valence-electron chi connectivity index (χ3n) is 3.36. The maximum atomic E-state index is 12.0. The normalized spacial score (nSPS) is 14.7. The molecule has 1 aliphatic heterocycles. The molecule has 112 valence electrons. The molecule has 1 N–H and O–H groups in total. The van der Waals surface area contributed by atoms with E-state index in [1.807, 2.05) is 6.92 Å². The Kier molecular flexibility index (Phi) is 5.07. The van der Waals surface area contributed by atoms with E-state index < -0.39 is 0 Å². The number of nitrogens with one attached hydrogen (secondary N) is 1. The molecule has 5 nitrogen and oxygen atoms in total. The number of aryl methyl sites for hydroxylation is 2. The van der Waals surface area contributed by atoms with E-state index in [1.54, 1.807) is 11.3 Å². The molecular weight excluding hydrogens is 284 g/mol. The van der Waals surface area contributed by atoms with E-state index in [9.17, 15) is 4.79 Å². The van der Waals surface area contributed by atoms with Crippen molar-refractivity contribution in [3.05, 3.63) is 10.7 Å². The van der Waals surface area contributed by atoms with Crippen molar-refractivity contribution in [2.75, 3.05) is 5.32 Å². The van der Waals surface area contributed by atoms with Gasteiger partial charge in [0.25, 0.3) is 0 Å². The number of terminal acetylenes is 1. The van der Waals surface area contributed by atoms with Gasteiger partial charge < -0.3 is 5.32 Å². The summed E-state index contributed by atoms with van der Waals surface area (Å²) in [6.45, 7) is 4.04. The van der Waals surface area contributed by atoms with E-state index in [0.717, 1.165) is 35.0 Å². The van der Waals surface area contributed by atoms with Crippen LogP contribution in [0.25, 0.3) is 0 Å². The number of carbonyl (C=O) groups is 1. The molecule has 0 aliphatic carbocycles. The number of hydrogen-bond donors (Lipinski definition) is 1. The lowest BCUT2D eigenvalue weighted by molar-refractivity contribution is -0.116. The van der Waals surface area contributed by atoms with Crippen molar-refractivity contribution in [3.8, 4) is 12.3 Å². The number of hydrogen-bond acceptors (Lipinski definition) is 5. The predicted octanol–water partition coefficient (Wildman–Crippen LogP) is 3.70. The van der Waals surface area contributed by atoms with E-state index >= 15 is 0 Å². The van der Waals surface area contributed by atoms with Crippen molar-refractivity contribution in [2.45, 2.75) is 58.0 Å². The summed E-state index contributed by atoms with van der Waals surface area (Å²) >= 11 is 1.56. The average molecular weight is 304 g/mol. The van der Waals surface area contributed by atoms with Crippen LogP contribution in [0, 0.1) is 19.3 Å². The molecule has 1 aromatic heterocycles. The van der Waals surface area contributed by atoms with Gasteiger partial charge in [-0.3, -0.25) is 4.79 Å². The predicted molar refractivity (Wildman–Crippen MR) is 84.4 cm³/mol. The van der Waals surface area contributed by atoms with Crippen LogP contribution in [0.4, 0.5) is 5.00 Å². The SMILES string of the molecule is C#CCCC1(CCC(=O)Nc2sc(CCC)nc2C)N=N1. The van der Waals surface area contributed by atoms with Gasteiger partial charge in [-0.2, -0.15) is 10.2 Å². The second-order valence-electron chi connectivity index (χ2n) is 5.21. The van der Waals surface area contributed by atoms with Crippen molar-refractivity contribution in [1.82, 2.24) is 4.98 Å². The van der Waals surface area contributed by atoms with E-state index in [2.05, 4.69) is 33.4 Å². The second kappa shape index (κ2) is 6.81. The molecule has 0 aromatic carbocycles. The van der Waals surface area contributed by atoms with Crippen molar-refractivity contribution in [3.63, 3.8) is 0 Å². The fourth-order valence-electron chi connectivity index (χ4n) is 2.06. The third-order valence-corrected chi connectivity index (χ3v) is 4.50. The molecular formula is C15H20N4OS. The van der Waals surface area contributed by atoms with Gasteiger partial charge in [-0.05, 0) is 19.8 Å². The quantitative estimate of drug-likeness (QED) is 0.744. The van der Waals surface area contributed by atoms with Crippen molar-refractivity contribution < 1.29 is 4.79 Å². The fourth-order valence-corrected chi connectivity index (χ4v) is 3.14. The van der Waals surface area contributed by atoms with Crippen LogP contribution in [0.2, 0.25) is 0 Å². The topological polar surface area (TPSA) is 66.7 Å². The van der Waals surface area contributed by atoms with Gasteiger partial charge in [0.15, 0.2) is 5.66 Å². The summed E-state index contributed by atoms with van der Waals surface area (Å²) in [5.74, 6) is 2.57. The summed E-state index contributed by atoms with van der Waals surface area (Å²) in [4.78, 5) is 16.5. The zero-order chi connectivity index (χ0) is 15.3. The summed E-state index contributed by atoms with van der Waals surface area (Å²) in [6.07, 6.45) is 9.66. The first-order valence-electron chi connectivity index (χ1n) is 7.22. The molecule has 0 saturated carbocycles. The van der Waals surface area contributed by atoms with Crippen LogP contribution in [-0.2, 0) is 11.2 Å². The molecule has 6 heteroatoms. The maximum Gasteiger partial charge on any atom is 0.225 e. The average Bonchev–Trinajstić information content (AvgIpc) is 3.15. The highest BCUT2D eigenvalue weighted by Gasteiger charge is 2.39. The Hall–Kier alpha value is -1.74. The standard InChI is InChI=1S/C15H20N4OS/c1-4-6-9-15(18-19-15)10-8-12(20)17-14-11(3)16-13(21-14)7-5-2/h1H,5-10H2,2-3H3,(H,17,20). The Bertz CT molecular complexity index is 579. The molecule has 0 fully saturated rings. The van der Waals surface area contributed by atoms with Gasteiger partial charge in [-0.1, -0.05) is 6.92 Å². The smallest absolute Gasteiger partial charge is 0.225 e. The minimum atomic E-state index is -0.389.